The van der Waals surface area contributed by atoms with Crippen LogP contribution >= 0.6 is 0 Å². The molecule has 0 saturated heterocycles. The minimum absolute atomic E-state index is 0.184. The normalized spacial score (nSPS) is 17.7. The molecule has 2 N–H and O–H groups in total. The molecule has 3 aromatic carbocycles. The Morgan fingerprint density at radius 2 is 1.74 bits per heavy atom. The molecule has 5 heteroatoms. The SMILES string of the molecule is O=C1NC(=O)C(C2CCc3cccc4ccn2c34)=C1c1c[nH]c2ccc(-c3ccccc3)cc12. The van der Waals surface area contributed by atoms with Crippen molar-refractivity contribution in [2.45, 2.75) is 18.9 Å². The number of carbonyl (C=O) groups is 2. The minimum Gasteiger partial charge on any atom is -0.361 e. The number of hydrogen-bond acceptors (Lipinski definition) is 2. The van der Waals surface area contributed by atoms with Crippen LogP contribution in [-0.2, 0) is 16.0 Å². The zero-order valence-electron chi connectivity index (χ0n) is 18.3. The molecule has 5 nitrogen and oxygen atoms in total. The summed E-state index contributed by atoms with van der Waals surface area (Å²) in [6, 6.07) is 24.6. The highest BCUT2D eigenvalue weighted by molar-refractivity contribution is 6.37. The number of nitrogens with one attached hydrogen (secondary N) is 2. The van der Waals surface area contributed by atoms with Crippen LogP contribution in [0.5, 0.6) is 0 Å². The highest BCUT2D eigenvalue weighted by Crippen LogP contribution is 2.42. The maximum absolute atomic E-state index is 13.2. The van der Waals surface area contributed by atoms with Gasteiger partial charge in [0.05, 0.1) is 22.7 Å². The van der Waals surface area contributed by atoms with Crippen LogP contribution in [0.1, 0.15) is 23.6 Å². The monoisotopic (exact) mass is 443 g/mol. The molecule has 34 heavy (non-hydrogen) atoms. The Hall–Kier alpha value is -4.38. The lowest BCUT2D eigenvalue weighted by molar-refractivity contribution is -0.123. The number of para-hydroxylation sites is 1. The van der Waals surface area contributed by atoms with Gasteiger partial charge in [-0.15, -0.1) is 0 Å². The standard InChI is InChI=1S/C29H21N3O2/c33-28-25(22-16-30-23-11-9-20(15-21(22)23)17-5-2-1-3-6-17)26(29(34)31-28)24-12-10-18-7-4-8-19-13-14-32(24)27(18)19/h1-9,11,13-16,24,30H,10,12H2,(H,31,33,34). The molecular formula is C29H21N3O2. The second kappa shape index (κ2) is 7.06. The fourth-order valence-electron chi connectivity index (χ4n) is 5.66. The van der Waals surface area contributed by atoms with Crippen molar-refractivity contribution in [3.8, 4) is 11.1 Å². The van der Waals surface area contributed by atoms with Crippen LogP contribution in [0.4, 0.5) is 0 Å². The second-order valence-corrected chi connectivity index (χ2v) is 9.03. The van der Waals surface area contributed by atoms with E-state index in [2.05, 4.69) is 63.4 Å². The lowest BCUT2D eigenvalue weighted by Gasteiger charge is -2.27. The third kappa shape index (κ3) is 2.67. The molecule has 164 valence electrons. The molecule has 1 unspecified atom stereocenters. The molecule has 2 aliphatic heterocycles. The molecule has 2 amide bonds. The molecule has 0 radical (unpaired) electrons. The van der Waals surface area contributed by atoms with Gasteiger partial charge in [-0.05, 0) is 53.1 Å². The summed E-state index contributed by atoms with van der Waals surface area (Å²) in [6.45, 7) is 0. The summed E-state index contributed by atoms with van der Waals surface area (Å²) in [5.74, 6) is -0.618. The van der Waals surface area contributed by atoms with Crippen molar-refractivity contribution in [2.24, 2.45) is 0 Å². The van der Waals surface area contributed by atoms with Gasteiger partial charge >= 0.3 is 0 Å². The quantitative estimate of drug-likeness (QED) is 0.367. The Morgan fingerprint density at radius 3 is 2.62 bits per heavy atom. The topological polar surface area (TPSA) is 66.9 Å². The molecular weight excluding hydrogens is 422 g/mol. The van der Waals surface area contributed by atoms with E-state index in [9.17, 15) is 9.59 Å². The molecule has 2 aliphatic rings. The summed E-state index contributed by atoms with van der Waals surface area (Å²) >= 11 is 0. The van der Waals surface area contributed by atoms with Gasteiger partial charge in [0.25, 0.3) is 11.8 Å². The number of aromatic nitrogens is 2. The van der Waals surface area contributed by atoms with Gasteiger partial charge in [-0.2, -0.15) is 0 Å². The van der Waals surface area contributed by atoms with Crippen molar-refractivity contribution in [2.75, 3.05) is 0 Å². The van der Waals surface area contributed by atoms with E-state index in [4.69, 9.17) is 0 Å². The Labute approximate surface area is 195 Å². The van der Waals surface area contributed by atoms with E-state index < -0.39 is 0 Å². The van der Waals surface area contributed by atoms with E-state index in [1.807, 2.05) is 36.7 Å². The number of hydrogen-bond donors (Lipinski definition) is 2. The first-order valence-electron chi connectivity index (χ1n) is 11.5. The molecule has 7 rings (SSSR count). The third-order valence-corrected chi connectivity index (χ3v) is 7.21. The molecule has 0 bridgehead atoms. The number of aryl methyl sites for hydroxylation is 1. The average molecular weight is 444 g/mol. The van der Waals surface area contributed by atoms with Crippen LogP contribution in [0, 0.1) is 0 Å². The van der Waals surface area contributed by atoms with Crippen LogP contribution in [0.15, 0.2) is 90.8 Å². The summed E-state index contributed by atoms with van der Waals surface area (Å²) in [5.41, 5.74) is 7.36. The molecule has 2 aromatic heterocycles. The van der Waals surface area contributed by atoms with E-state index in [0.29, 0.717) is 11.1 Å². The number of fused-ring (bicyclic) bond motifs is 1. The largest absolute Gasteiger partial charge is 0.361 e. The Kier molecular flexibility index (Phi) is 3.97. The van der Waals surface area contributed by atoms with E-state index in [1.54, 1.807) is 0 Å². The Balaban J connectivity index is 1.44. The van der Waals surface area contributed by atoms with Gasteiger partial charge in [-0.3, -0.25) is 14.9 Å². The van der Waals surface area contributed by atoms with E-state index in [-0.39, 0.29) is 17.9 Å². The minimum atomic E-state index is -0.326. The second-order valence-electron chi connectivity index (χ2n) is 9.03. The number of imide groups is 1. The number of aromatic amines is 1. The predicted octanol–water partition coefficient (Wildman–Crippen LogP) is 5.39. The van der Waals surface area contributed by atoms with Crippen LogP contribution in [-0.4, -0.2) is 21.4 Å². The summed E-state index contributed by atoms with van der Waals surface area (Å²) in [6.07, 6.45) is 5.55. The van der Waals surface area contributed by atoms with Crippen molar-refractivity contribution in [1.82, 2.24) is 14.9 Å². The molecule has 0 aliphatic carbocycles. The van der Waals surface area contributed by atoms with Crippen LogP contribution in [0.3, 0.4) is 0 Å². The fourth-order valence-corrected chi connectivity index (χ4v) is 5.66. The summed E-state index contributed by atoms with van der Waals surface area (Å²) < 4.78 is 2.17. The van der Waals surface area contributed by atoms with Crippen molar-refractivity contribution in [3.05, 3.63) is 102 Å². The number of benzene rings is 3. The first kappa shape index (κ1) is 19.1. The highest BCUT2D eigenvalue weighted by Gasteiger charge is 2.39. The lowest BCUT2D eigenvalue weighted by Crippen LogP contribution is -2.26. The smallest absolute Gasteiger partial charge is 0.259 e. The summed E-state index contributed by atoms with van der Waals surface area (Å²) in [5, 5.41) is 4.68. The molecule has 0 spiro atoms. The third-order valence-electron chi connectivity index (χ3n) is 7.21. The van der Waals surface area contributed by atoms with E-state index >= 15 is 0 Å². The van der Waals surface area contributed by atoms with Crippen LogP contribution < -0.4 is 5.32 Å². The number of amides is 2. The summed E-state index contributed by atoms with van der Waals surface area (Å²) in [4.78, 5) is 29.6. The van der Waals surface area contributed by atoms with Gasteiger partial charge < -0.3 is 9.55 Å². The Bertz CT molecular complexity index is 1670. The fraction of sp³-hybridized carbons (Fsp3) is 0.103. The van der Waals surface area contributed by atoms with Crippen LogP contribution in [0.2, 0.25) is 0 Å². The Morgan fingerprint density at radius 1 is 0.853 bits per heavy atom. The van der Waals surface area contributed by atoms with Crippen LogP contribution in [0.25, 0.3) is 38.5 Å². The summed E-state index contributed by atoms with van der Waals surface area (Å²) in [7, 11) is 0. The number of nitrogens with zero attached hydrogens (tertiary/aromatic N) is 1. The van der Waals surface area contributed by atoms with Crippen molar-refractivity contribution < 1.29 is 9.59 Å². The van der Waals surface area contributed by atoms with Gasteiger partial charge in [0.2, 0.25) is 0 Å². The van der Waals surface area contributed by atoms with Crippen molar-refractivity contribution in [1.29, 1.82) is 0 Å². The average Bonchev–Trinajstić information content (AvgIpc) is 3.56. The zero-order valence-corrected chi connectivity index (χ0v) is 18.3. The number of rotatable bonds is 3. The van der Waals surface area contributed by atoms with E-state index in [1.165, 1.54) is 5.56 Å². The lowest BCUT2D eigenvalue weighted by atomic mass is 9.89. The van der Waals surface area contributed by atoms with Crippen molar-refractivity contribution in [3.63, 3.8) is 0 Å². The predicted molar refractivity (Wildman–Crippen MR) is 133 cm³/mol. The molecule has 0 saturated carbocycles. The van der Waals surface area contributed by atoms with E-state index in [0.717, 1.165) is 51.3 Å². The zero-order chi connectivity index (χ0) is 22.8. The number of H-pyrrole nitrogens is 1. The molecule has 1 atom stereocenters. The molecule has 0 fully saturated rings. The van der Waals surface area contributed by atoms with Gasteiger partial charge in [0.1, 0.15) is 0 Å². The van der Waals surface area contributed by atoms with Gasteiger partial charge in [-0.25, -0.2) is 0 Å². The number of carbonyl (C=O) groups excluding carboxylic acids is 2. The maximum atomic E-state index is 13.2. The van der Waals surface area contributed by atoms with Crippen molar-refractivity contribution >= 4 is 39.2 Å². The maximum Gasteiger partial charge on any atom is 0.259 e. The van der Waals surface area contributed by atoms with Gasteiger partial charge in [0.15, 0.2) is 0 Å². The first-order valence-corrected chi connectivity index (χ1v) is 11.5. The van der Waals surface area contributed by atoms with Gasteiger partial charge in [0, 0.05) is 28.9 Å². The first-order chi connectivity index (χ1) is 16.7. The van der Waals surface area contributed by atoms with Gasteiger partial charge in [-0.1, -0.05) is 54.6 Å². The molecule has 5 aromatic rings. The molecule has 4 heterocycles. The highest BCUT2D eigenvalue weighted by atomic mass is 16.2.